The number of aliphatic hydroxyl groups is 4. The number of cyclic esters (lactones) is 1. The molecule has 4 N–H and O–H groups in total. The van der Waals surface area contributed by atoms with Crippen molar-refractivity contribution in [3.63, 3.8) is 0 Å². The van der Waals surface area contributed by atoms with Gasteiger partial charge in [0, 0.05) is 31.0 Å². The summed E-state index contributed by atoms with van der Waals surface area (Å²) in [5.41, 5.74) is -2.65. The number of rotatable bonds is 6. The standard InChI is InChI=1S/C31H55NO10/c1-9-22(33)31(8,37)27-20(6)25-16(2)15-30(7,42-25)26(18(4)23(34)19(5)28(36)40-27)41-29-24(35)21(14-17(3)39-29)32-10-12-38-13-11-32/h16-27,29,33-35,37H,9-15H2,1-8H3/t16?,17?,18-,19+,20-,21?,22+,23-,24?,25?,26+,27+,29-,30+,31+/m0/s1. The normalized spacial score (nSPS) is 48.1. The van der Waals surface area contributed by atoms with Gasteiger partial charge in [-0.05, 0) is 52.9 Å². The molecule has 244 valence electrons. The van der Waals surface area contributed by atoms with Crippen molar-refractivity contribution < 1.29 is 48.9 Å². The Hall–Kier alpha value is -0.890. The molecular formula is C31H55NO10. The van der Waals surface area contributed by atoms with E-state index in [0.717, 1.165) is 13.1 Å². The Labute approximate surface area is 250 Å². The van der Waals surface area contributed by atoms with Crippen molar-refractivity contribution in [2.75, 3.05) is 26.3 Å². The molecule has 4 saturated heterocycles. The summed E-state index contributed by atoms with van der Waals surface area (Å²) in [5, 5.41) is 45.3. The molecule has 4 heterocycles. The number of ether oxygens (including phenoxy) is 5. The van der Waals surface area contributed by atoms with Gasteiger partial charge in [-0.15, -0.1) is 0 Å². The number of carbonyl (C=O) groups is 1. The molecule has 4 rings (SSSR count). The molecule has 0 amide bonds. The zero-order valence-electron chi connectivity index (χ0n) is 26.6. The van der Waals surface area contributed by atoms with Crippen LogP contribution in [0.5, 0.6) is 0 Å². The Morgan fingerprint density at radius 3 is 2.36 bits per heavy atom. The topological polar surface area (TPSA) is 147 Å². The summed E-state index contributed by atoms with van der Waals surface area (Å²) in [6.07, 6.45) is -5.13. The van der Waals surface area contributed by atoms with Crippen LogP contribution in [0.4, 0.5) is 0 Å². The molecule has 0 saturated carbocycles. The fourth-order valence-corrected chi connectivity index (χ4v) is 7.96. The molecule has 0 aromatic rings. The molecule has 11 heteroatoms. The van der Waals surface area contributed by atoms with E-state index in [9.17, 15) is 25.2 Å². The maximum absolute atomic E-state index is 13.5. The van der Waals surface area contributed by atoms with Crippen molar-refractivity contribution in [2.45, 2.75) is 141 Å². The fraction of sp³-hybridized carbons (Fsp3) is 0.968. The third kappa shape index (κ3) is 6.55. The van der Waals surface area contributed by atoms with Crippen molar-refractivity contribution in [1.29, 1.82) is 0 Å². The molecule has 42 heavy (non-hydrogen) atoms. The molecule has 0 aromatic heterocycles. The second kappa shape index (κ2) is 13.2. The number of carbonyl (C=O) groups excluding carboxylic acids is 1. The lowest BCUT2D eigenvalue weighted by Gasteiger charge is -2.48. The van der Waals surface area contributed by atoms with Gasteiger partial charge in [0.05, 0.1) is 55.3 Å². The number of fused-ring (bicyclic) bond motifs is 2. The van der Waals surface area contributed by atoms with Crippen LogP contribution in [0.2, 0.25) is 0 Å². The molecule has 4 aliphatic heterocycles. The van der Waals surface area contributed by atoms with Crippen molar-refractivity contribution in [3.05, 3.63) is 0 Å². The predicted octanol–water partition coefficient (Wildman–Crippen LogP) is 1.47. The van der Waals surface area contributed by atoms with E-state index in [2.05, 4.69) is 4.90 Å². The van der Waals surface area contributed by atoms with Crippen LogP contribution < -0.4 is 0 Å². The molecule has 4 fully saturated rings. The van der Waals surface area contributed by atoms with Crippen LogP contribution in [0.1, 0.15) is 74.7 Å². The smallest absolute Gasteiger partial charge is 0.311 e. The number of esters is 1. The van der Waals surface area contributed by atoms with Crippen LogP contribution >= 0.6 is 0 Å². The predicted molar refractivity (Wildman–Crippen MR) is 153 cm³/mol. The van der Waals surface area contributed by atoms with Gasteiger partial charge in [-0.25, -0.2) is 0 Å². The highest BCUT2D eigenvalue weighted by Gasteiger charge is 2.57. The average molecular weight is 602 g/mol. The second-order valence-electron chi connectivity index (χ2n) is 13.9. The van der Waals surface area contributed by atoms with E-state index in [4.69, 9.17) is 23.7 Å². The van der Waals surface area contributed by atoms with Crippen molar-refractivity contribution in [1.82, 2.24) is 4.90 Å². The minimum atomic E-state index is -1.74. The van der Waals surface area contributed by atoms with Crippen LogP contribution in [0.15, 0.2) is 0 Å². The molecule has 0 radical (unpaired) electrons. The number of hydrogen-bond donors (Lipinski definition) is 4. The Kier molecular flexibility index (Phi) is 10.7. The quantitative estimate of drug-likeness (QED) is 0.328. The molecule has 5 unspecified atom stereocenters. The number of nitrogens with zero attached hydrogens (tertiary/aromatic N) is 1. The highest BCUT2D eigenvalue weighted by Crippen LogP contribution is 2.47. The molecular weight excluding hydrogens is 546 g/mol. The van der Waals surface area contributed by atoms with Crippen molar-refractivity contribution >= 4 is 5.97 Å². The Bertz CT molecular complexity index is 914. The molecule has 0 spiro atoms. The number of hydrogen-bond acceptors (Lipinski definition) is 11. The second-order valence-corrected chi connectivity index (χ2v) is 13.9. The van der Waals surface area contributed by atoms with Gasteiger partial charge in [0.25, 0.3) is 0 Å². The van der Waals surface area contributed by atoms with Gasteiger partial charge in [-0.3, -0.25) is 9.69 Å². The number of aliphatic hydroxyl groups excluding tert-OH is 3. The summed E-state index contributed by atoms with van der Waals surface area (Å²) in [7, 11) is 0. The highest BCUT2D eigenvalue weighted by molar-refractivity contribution is 5.73. The van der Waals surface area contributed by atoms with Gasteiger partial charge in [0.1, 0.15) is 17.8 Å². The van der Waals surface area contributed by atoms with E-state index in [0.29, 0.717) is 26.1 Å². The molecule has 2 bridgehead atoms. The van der Waals surface area contributed by atoms with Gasteiger partial charge in [0.15, 0.2) is 6.29 Å². The first-order valence-electron chi connectivity index (χ1n) is 15.9. The number of morpholine rings is 1. The largest absolute Gasteiger partial charge is 0.459 e. The average Bonchev–Trinajstić information content (AvgIpc) is 3.28. The van der Waals surface area contributed by atoms with E-state index in [1.165, 1.54) is 6.92 Å². The van der Waals surface area contributed by atoms with E-state index >= 15 is 0 Å². The van der Waals surface area contributed by atoms with Crippen LogP contribution in [0.25, 0.3) is 0 Å². The van der Waals surface area contributed by atoms with Crippen LogP contribution in [0.3, 0.4) is 0 Å². The summed E-state index contributed by atoms with van der Waals surface area (Å²) in [6, 6.07) is -0.170. The minimum absolute atomic E-state index is 0.0229. The van der Waals surface area contributed by atoms with E-state index in [1.54, 1.807) is 13.8 Å². The van der Waals surface area contributed by atoms with Gasteiger partial charge < -0.3 is 44.1 Å². The maximum atomic E-state index is 13.5. The Morgan fingerprint density at radius 2 is 1.74 bits per heavy atom. The first kappa shape index (κ1) is 34.0. The first-order valence-corrected chi connectivity index (χ1v) is 15.9. The van der Waals surface area contributed by atoms with Crippen molar-refractivity contribution in [2.24, 2.45) is 23.7 Å². The first-order chi connectivity index (χ1) is 19.6. The lowest BCUT2D eigenvalue weighted by Crippen LogP contribution is -2.61. The monoisotopic (exact) mass is 601 g/mol. The van der Waals surface area contributed by atoms with Gasteiger partial charge in [0.2, 0.25) is 0 Å². The van der Waals surface area contributed by atoms with Crippen LogP contribution in [-0.4, -0.2) is 124 Å². The summed E-state index contributed by atoms with van der Waals surface area (Å²) in [5.74, 6) is -2.73. The summed E-state index contributed by atoms with van der Waals surface area (Å²) in [4.78, 5) is 15.7. The third-order valence-corrected chi connectivity index (χ3v) is 10.5. The maximum Gasteiger partial charge on any atom is 0.311 e. The third-order valence-electron chi connectivity index (χ3n) is 10.5. The van der Waals surface area contributed by atoms with Gasteiger partial charge in [-0.2, -0.15) is 0 Å². The van der Waals surface area contributed by atoms with E-state index in [1.807, 2.05) is 34.6 Å². The lowest BCUT2D eigenvalue weighted by molar-refractivity contribution is -0.303. The highest BCUT2D eigenvalue weighted by atomic mass is 16.7. The van der Waals surface area contributed by atoms with E-state index < -0.39 is 77.8 Å². The summed E-state index contributed by atoms with van der Waals surface area (Å²) >= 11 is 0. The van der Waals surface area contributed by atoms with Crippen molar-refractivity contribution in [3.8, 4) is 0 Å². The van der Waals surface area contributed by atoms with Gasteiger partial charge >= 0.3 is 5.97 Å². The minimum Gasteiger partial charge on any atom is -0.459 e. The van der Waals surface area contributed by atoms with Crippen LogP contribution in [0, 0.1) is 23.7 Å². The molecule has 11 nitrogen and oxygen atoms in total. The Morgan fingerprint density at radius 1 is 1.10 bits per heavy atom. The van der Waals surface area contributed by atoms with Crippen LogP contribution in [-0.2, 0) is 28.5 Å². The van der Waals surface area contributed by atoms with E-state index in [-0.39, 0.29) is 24.5 Å². The van der Waals surface area contributed by atoms with Gasteiger partial charge in [-0.1, -0.05) is 27.7 Å². The molecule has 4 aliphatic rings. The molecule has 15 atom stereocenters. The SMILES string of the molecule is CC[C@@H](O)[C@@](C)(O)[C@@H]1OC(=O)[C@H](C)[C@@H](O)[C@H](C)[C@@H](O[C@@H]2OC(C)CC(N3CCOCC3)C2O)[C@@]2(C)CC(C)C(O2)[C@@H]1C. The zero-order chi connectivity index (χ0) is 31.1. The summed E-state index contributed by atoms with van der Waals surface area (Å²) < 4.78 is 31.1. The molecule has 0 aliphatic carbocycles. The Balaban J connectivity index is 1.68. The zero-order valence-corrected chi connectivity index (χ0v) is 26.6. The summed E-state index contributed by atoms with van der Waals surface area (Å²) in [6.45, 7) is 17.1. The fourth-order valence-electron chi connectivity index (χ4n) is 7.96. The lowest BCUT2D eigenvalue weighted by atomic mass is 9.76. The molecule has 0 aromatic carbocycles.